The zero-order valence-corrected chi connectivity index (χ0v) is 18.5. The molecule has 2 aliphatic rings. The summed E-state index contributed by atoms with van der Waals surface area (Å²) < 4.78 is 35.8. The number of ether oxygens (including phenoxy) is 4. The Kier molecular flexibility index (Phi) is 6.06. The van der Waals surface area contributed by atoms with Crippen molar-refractivity contribution in [2.24, 2.45) is 0 Å². The summed E-state index contributed by atoms with van der Waals surface area (Å²) in [7, 11) is 2.72. The van der Waals surface area contributed by atoms with Crippen LogP contribution >= 0.6 is 0 Å². The number of hydrogen-bond donors (Lipinski definition) is 2. The highest BCUT2D eigenvalue weighted by molar-refractivity contribution is 5.65. The van der Waals surface area contributed by atoms with Gasteiger partial charge in [0.2, 0.25) is 0 Å². The molecule has 0 saturated heterocycles. The van der Waals surface area contributed by atoms with Gasteiger partial charge in [0.1, 0.15) is 17.7 Å². The van der Waals surface area contributed by atoms with Crippen LogP contribution in [0.3, 0.4) is 0 Å². The van der Waals surface area contributed by atoms with Gasteiger partial charge in [0.05, 0.1) is 11.0 Å². The molecule has 0 bridgehead atoms. The Morgan fingerprint density at radius 3 is 2.62 bits per heavy atom. The summed E-state index contributed by atoms with van der Waals surface area (Å²) in [5.74, 6) is -0.325. The Balaban J connectivity index is 1.94. The highest BCUT2D eigenvalue weighted by atomic mass is 19.1. The fourth-order valence-electron chi connectivity index (χ4n) is 4.76. The van der Waals surface area contributed by atoms with Crippen molar-refractivity contribution in [1.82, 2.24) is 0 Å². The molecule has 2 aliphatic heterocycles. The number of non-ortho nitro benzene ring substituents is 1. The van der Waals surface area contributed by atoms with Crippen LogP contribution in [0.5, 0.6) is 5.75 Å². The highest BCUT2D eigenvalue weighted by Crippen LogP contribution is 2.50. The third-order valence-electron chi connectivity index (χ3n) is 6.20. The molecule has 2 aromatic carbocycles. The van der Waals surface area contributed by atoms with Crippen molar-refractivity contribution in [2.75, 3.05) is 19.1 Å². The zero-order valence-electron chi connectivity index (χ0n) is 18.5. The summed E-state index contributed by atoms with van der Waals surface area (Å²) >= 11 is 0. The lowest BCUT2D eigenvalue weighted by Gasteiger charge is -2.50. The number of fused-ring (bicyclic) bond motifs is 2. The van der Waals surface area contributed by atoms with Crippen molar-refractivity contribution in [3.8, 4) is 5.75 Å². The molecule has 0 spiro atoms. The fraction of sp³-hybridized carbons (Fsp3) is 0.409. The number of carboxylic acid groups (broad SMARTS) is 1. The minimum Gasteiger partial charge on any atom is -0.479 e. The first kappa shape index (κ1) is 23.7. The lowest BCUT2D eigenvalue weighted by molar-refractivity contribution is -0.385. The molecule has 0 aromatic heterocycles. The van der Waals surface area contributed by atoms with Gasteiger partial charge in [-0.15, -0.1) is 0 Å². The molecule has 11 nitrogen and oxygen atoms in total. The molecule has 4 atom stereocenters. The molecule has 2 aromatic rings. The van der Waals surface area contributed by atoms with E-state index in [2.05, 4.69) is 0 Å². The largest absolute Gasteiger partial charge is 0.507 e. The summed E-state index contributed by atoms with van der Waals surface area (Å²) in [6, 6.07) is 6.68. The fourth-order valence-corrected chi connectivity index (χ4v) is 4.76. The van der Waals surface area contributed by atoms with E-state index < -0.39 is 47.2 Å². The topological polar surface area (TPSA) is 141 Å². The van der Waals surface area contributed by atoms with E-state index >= 15 is 0 Å². The van der Waals surface area contributed by atoms with E-state index in [-0.39, 0.29) is 23.4 Å². The number of nitro benzene ring substituents is 1. The average Bonchev–Trinajstić information content (AvgIpc) is 3.11. The molecule has 0 fully saturated rings. The lowest BCUT2D eigenvalue weighted by atomic mass is 9.83. The van der Waals surface area contributed by atoms with Crippen molar-refractivity contribution < 1.29 is 43.3 Å². The number of aliphatic hydroxyl groups is 1. The smallest absolute Gasteiger partial charge is 0.479 e. The van der Waals surface area contributed by atoms with Gasteiger partial charge in [-0.1, -0.05) is 0 Å². The highest BCUT2D eigenvalue weighted by Gasteiger charge is 2.56. The van der Waals surface area contributed by atoms with E-state index in [4.69, 9.17) is 18.9 Å². The number of rotatable bonds is 6. The zero-order chi connectivity index (χ0) is 24.8. The Morgan fingerprint density at radius 2 is 2.00 bits per heavy atom. The minimum atomic E-state index is -1.57. The number of methoxy groups -OCH3 is 2. The van der Waals surface area contributed by atoms with Crippen LogP contribution in [-0.4, -0.2) is 59.7 Å². The van der Waals surface area contributed by atoms with Gasteiger partial charge < -0.3 is 34.1 Å². The maximum Gasteiger partial charge on any atom is 0.507 e. The molecule has 34 heavy (non-hydrogen) atoms. The quantitative estimate of drug-likeness (QED) is 0.275. The molecule has 0 aliphatic carbocycles. The number of anilines is 1. The normalized spacial score (nSPS) is 25.5. The Hall–Kier alpha value is -3.48. The first-order valence-corrected chi connectivity index (χ1v) is 10.3. The van der Waals surface area contributed by atoms with Gasteiger partial charge in [0.25, 0.3) is 5.69 Å². The van der Waals surface area contributed by atoms with Crippen LogP contribution in [-0.2, 0) is 20.6 Å². The molecule has 4 rings (SSSR count). The minimum absolute atomic E-state index is 0.00241. The third-order valence-corrected chi connectivity index (χ3v) is 6.20. The molecule has 2 heterocycles. The van der Waals surface area contributed by atoms with Crippen LogP contribution in [0, 0.1) is 15.9 Å². The Bertz CT molecular complexity index is 1130. The van der Waals surface area contributed by atoms with E-state index in [9.17, 15) is 29.5 Å². The molecule has 2 N–H and O–H groups in total. The number of carbonyl (C=O) groups is 1. The van der Waals surface area contributed by atoms with Crippen LogP contribution in [0.4, 0.5) is 20.6 Å². The van der Waals surface area contributed by atoms with Gasteiger partial charge in [-0.05, 0) is 36.8 Å². The van der Waals surface area contributed by atoms with E-state index in [1.807, 2.05) is 0 Å². The second-order valence-corrected chi connectivity index (χ2v) is 8.18. The van der Waals surface area contributed by atoms with E-state index in [0.29, 0.717) is 11.3 Å². The van der Waals surface area contributed by atoms with E-state index in [0.717, 1.165) is 0 Å². The van der Waals surface area contributed by atoms with Crippen molar-refractivity contribution in [2.45, 2.75) is 43.6 Å². The molecule has 0 saturated carbocycles. The predicted molar refractivity (Wildman–Crippen MR) is 114 cm³/mol. The lowest BCUT2D eigenvalue weighted by Crippen LogP contribution is -2.63. The van der Waals surface area contributed by atoms with Crippen LogP contribution < -0.4 is 9.64 Å². The van der Waals surface area contributed by atoms with Gasteiger partial charge >= 0.3 is 6.16 Å². The average molecular weight is 478 g/mol. The molecule has 0 amide bonds. The van der Waals surface area contributed by atoms with Crippen LogP contribution in [0.2, 0.25) is 0 Å². The summed E-state index contributed by atoms with van der Waals surface area (Å²) in [5.41, 5.74) is -0.694. The van der Waals surface area contributed by atoms with Gasteiger partial charge in [-0.3, -0.25) is 10.1 Å². The third kappa shape index (κ3) is 3.79. The second-order valence-electron chi connectivity index (χ2n) is 8.18. The molecular weight excluding hydrogens is 455 g/mol. The van der Waals surface area contributed by atoms with Crippen LogP contribution in [0.1, 0.15) is 24.1 Å². The molecule has 0 unspecified atom stereocenters. The maximum absolute atomic E-state index is 13.9. The van der Waals surface area contributed by atoms with Crippen molar-refractivity contribution in [3.63, 3.8) is 0 Å². The van der Waals surface area contributed by atoms with Crippen molar-refractivity contribution in [1.29, 1.82) is 0 Å². The number of nitrogens with zero attached hydrogens (tertiary/aromatic N) is 2. The number of halogens is 1. The molecule has 0 radical (unpaired) electrons. The number of hydrogen-bond acceptors (Lipinski definition) is 9. The number of aliphatic hydroxyl groups excluding tert-OH is 1. The SMILES string of the molecule is COC(OC)[C@@]1(C)Oc2ccc([N+](=O)[O-])cc2[C@H](N2c3ccc(F)cc3C[C@H]2OC(=O)O)[C@H]1O. The molecule has 182 valence electrons. The van der Waals surface area contributed by atoms with Crippen molar-refractivity contribution >= 4 is 17.5 Å². The van der Waals surface area contributed by atoms with Gasteiger partial charge in [-0.2, -0.15) is 0 Å². The standard InChI is InChI=1S/C22H23FN2O9/c1-22(20(31-2)32-3)19(26)18(14-10-13(25(29)30)5-7-16(14)34-22)24-15-6-4-12(23)8-11(15)9-17(24)33-21(27)28/h4-8,10,17-20,26H,9H2,1-3H3,(H,27,28)/t17-,18+,19-,22+/m1/s1. The summed E-state index contributed by atoms with van der Waals surface area (Å²) in [5, 5.41) is 32.4. The van der Waals surface area contributed by atoms with E-state index in [1.54, 1.807) is 6.92 Å². The molecule has 12 heteroatoms. The Labute approximate surface area is 193 Å². The van der Waals surface area contributed by atoms with Crippen molar-refractivity contribution in [3.05, 3.63) is 63.5 Å². The van der Waals surface area contributed by atoms with Crippen LogP contribution in [0.15, 0.2) is 36.4 Å². The number of nitro groups is 1. The summed E-state index contributed by atoms with van der Waals surface area (Å²) in [6.07, 6.45) is -5.24. The maximum atomic E-state index is 13.9. The van der Waals surface area contributed by atoms with Gasteiger partial charge in [0, 0.05) is 44.0 Å². The van der Waals surface area contributed by atoms with Gasteiger partial charge in [-0.25, -0.2) is 9.18 Å². The van der Waals surface area contributed by atoms with E-state index in [1.165, 1.54) is 55.5 Å². The first-order valence-electron chi connectivity index (χ1n) is 10.3. The summed E-state index contributed by atoms with van der Waals surface area (Å²) in [4.78, 5) is 23.8. The van der Waals surface area contributed by atoms with Gasteiger partial charge in [0.15, 0.2) is 18.1 Å². The number of benzene rings is 2. The van der Waals surface area contributed by atoms with Crippen LogP contribution in [0.25, 0.3) is 0 Å². The Morgan fingerprint density at radius 1 is 1.29 bits per heavy atom. The summed E-state index contributed by atoms with van der Waals surface area (Å²) in [6.45, 7) is 1.54. The molecular formula is C22H23FN2O9. The second kappa shape index (κ2) is 8.70. The predicted octanol–water partition coefficient (Wildman–Crippen LogP) is 2.99. The monoisotopic (exact) mass is 478 g/mol. The first-order chi connectivity index (χ1) is 16.1.